The molecule has 0 radical (unpaired) electrons. The number of carbonyl (C=O) groups is 2. The molecule has 4 rings (SSSR count). The molecular formula is C19H22N4O4. The number of furan rings is 1. The van der Waals surface area contributed by atoms with Gasteiger partial charge in [0.15, 0.2) is 0 Å². The van der Waals surface area contributed by atoms with Crippen LogP contribution in [0.5, 0.6) is 0 Å². The smallest absolute Gasteiger partial charge is 0.253 e. The van der Waals surface area contributed by atoms with Gasteiger partial charge in [-0.3, -0.25) is 9.59 Å². The lowest BCUT2D eigenvalue weighted by molar-refractivity contribution is -0.117. The van der Waals surface area contributed by atoms with Crippen molar-refractivity contribution in [3.8, 4) is 0 Å². The van der Waals surface area contributed by atoms with Crippen LogP contribution in [0.15, 0.2) is 35.1 Å². The van der Waals surface area contributed by atoms with Crippen molar-refractivity contribution in [1.82, 2.24) is 10.3 Å². The van der Waals surface area contributed by atoms with Crippen LogP contribution in [-0.4, -0.2) is 43.1 Å². The number of nitrogens with one attached hydrogen (secondary N) is 2. The molecule has 4 heterocycles. The summed E-state index contributed by atoms with van der Waals surface area (Å²) in [4.78, 5) is 31.1. The van der Waals surface area contributed by atoms with E-state index in [0.29, 0.717) is 41.8 Å². The van der Waals surface area contributed by atoms with E-state index < -0.39 is 0 Å². The third-order valence-corrected chi connectivity index (χ3v) is 4.91. The summed E-state index contributed by atoms with van der Waals surface area (Å²) in [6.07, 6.45) is 4.95. The largest absolute Gasteiger partial charge is 0.467 e. The minimum atomic E-state index is -0.259. The number of hydrogen-bond donors (Lipinski definition) is 2. The summed E-state index contributed by atoms with van der Waals surface area (Å²) in [6.45, 7) is 2.59. The highest BCUT2D eigenvalue weighted by Gasteiger charge is 2.29. The number of carbonyl (C=O) groups excluding carboxylic acids is 2. The average molecular weight is 370 g/mol. The first-order chi connectivity index (χ1) is 13.2. The molecular weight excluding hydrogens is 348 g/mol. The second kappa shape index (κ2) is 7.79. The van der Waals surface area contributed by atoms with Crippen LogP contribution >= 0.6 is 0 Å². The van der Waals surface area contributed by atoms with E-state index in [9.17, 15) is 9.59 Å². The Kier molecular flexibility index (Phi) is 5.06. The Labute approximate surface area is 156 Å². The molecule has 2 amide bonds. The Bertz CT molecular complexity index is 815. The SMILES string of the molecule is O=C(NCc1ccco1)c1cnc2c(c1)N(CC1CCOCC1)C(=O)CN2. The summed E-state index contributed by atoms with van der Waals surface area (Å²) in [7, 11) is 0. The van der Waals surface area contributed by atoms with Gasteiger partial charge in [0.2, 0.25) is 5.91 Å². The maximum Gasteiger partial charge on any atom is 0.253 e. The molecule has 2 aromatic heterocycles. The summed E-state index contributed by atoms with van der Waals surface area (Å²) in [5, 5.41) is 5.83. The van der Waals surface area contributed by atoms with Crippen molar-refractivity contribution in [3.05, 3.63) is 42.0 Å². The number of nitrogens with zero attached hydrogens (tertiary/aromatic N) is 2. The van der Waals surface area contributed by atoms with E-state index in [1.807, 2.05) is 0 Å². The molecule has 0 unspecified atom stereocenters. The zero-order valence-electron chi connectivity index (χ0n) is 14.9. The van der Waals surface area contributed by atoms with Crippen molar-refractivity contribution in [2.75, 3.05) is 36.5 Å². The minimum Gasteiger partial charge on any atom is -0.467 e. The first-order valence-electron chi connectivity index (χ1n) is 9.13. The summed E-state index contributed by atoms with van der Waals surface area (Å²) in [6, 6.07) is 5.29. The van der Waals surface area contributed by atoms with Crippen LogP contribution in [0.2, 0.25) is 0 Å². The third-order valence-electron chi connectivity index (χ3n) is 4.91. The highest BCUT2D eigenvalue weighted by atomic mass is 16.5. The average Bonchev–Trinajstić information content (AvgIpc) is 3.22. The molecule has 0 bridgehead atoms. The fraction of sp³-hybridized carbons (Fsp3) is 0.421. The molecule has 0 aliphatic carbocycles. The van der Waals surface area contributed by atoms with E-state index in [4.69, 9.17) is 9.15 Å². The predicted octanol–water partition coefficient (Wildman–Crippen LogP) is 1.79. The van der Waals surface area contributed by atoms with Gasteiger partial charge in [0.1, 0.15) is 11.6 Å². The summed E-state index contributed by atoms with van der Waals surface area (Å²) in [5.41, 5.74) is 1.07. The molecule has 2 aromatic rings. The molecule has 8 nitrogen and oxygen atoms in total. The van der Waals surface area contributed by atoms with E-state index in [0.717, 1.165) is 26.1 Å². The monoisotopic (exact) mass is 370 g/mol. The van der Waals surface area contributed by atoms with E-state index in [1.165, 1.54) is 6.20 Å². The lowest BCUT2D eigenvalue weighted by atomic mass is 9.99. The van der Waals surface area contributed by atoms with Crippen LogP contribution < -0.4 is 15.5 Å². The second-order valence-corrected chi connectivity index (χ2v) is 6.77. The van der Waals surface area contributed by atoms with E-state index in [2.05, 4.69) is 15.6 Å². The molecule has 2 aliphatic rings. The predicted molar refractivity (Wildman–Crippen MR) is 98.5 cm³/mol. The molecule has 27 heavy (non-hydrogen) atoms. The maximum atomic E-state index is 12.5. The van der Waals surface area contributed by atoms with Gasteiger partial charge in [-0.15, -0.1) is 0 Å². The third kappa shape index (κ3) is 3.95. The fourth-order valence-corrected chi connectivity index (χ4v) is 3.38. The van der Waals surface area contributed by atoms with Crippen molar-refractivity contribution in [2.24, 2.45) is 5.92 Å². The van der Waals surface area contributed by atoms with Gasteiger partial charge < -0.3 is 24.7 Å². The van der Waals surface area contributed by atoms with Gasteiger partial charge in [-0.1, -0.05) is 0 Å². The van der Waals surface area contributed by atoms with Crippen molar-refractivity contribution in [1.29, 1.82) is 0 Å². The summed E-state index contributed by atoms with van der Waals surface area (Å²) < 4.78 is 10.6. The maximum absolute atomic E-state index is 12.5. The second-order valence-electron chi connectivity index (χ2n) is 6.77. The molecule has 0 atom stereocenters. The van der Waals surface area contributed by atoms with Crippen LogP contribution in [0.1, 0.15) is 29.0 Å². The topological polar surface area (TPSA) is 96.7 Å². The normalized spacial score (nSPS) is 17.3. The van der Waals surface area contributed by atoms with Gasteiger partial charge >= 0.3 is 0 Å². The first-order valence-corrected chi connectivity index (χ1v) is 9.13. The number of pyridine rings is 1. The van der Waals surface area contributed by atoms with Gasteiger partial charge in [-0.2, -0.15) is 0 Å². The zero-order valence-corrected chi connectivity index (χ0v) is 14.9. The number of rotatable bonds is 5. The van der Waals surface area contributed by atoms with Crippen LogP contribution in [0.4, 0.5) is 11.5 Å². The number of anilines is 2. The molecule has 0 aromatic carbocycles. The molecule has 8 heteroatoms. The lowest BCUT2D eigenvalue weighted by Crippen LogP contribution is -2.44. The quantitative estimate of drug-likeness (QED) is 0.833. The highest BCUT2D eigenvalue weighted by Crippen LogP contribution is 2.30. The highest BCUT2D eigenvalue weighted by molar-refractivity contribution is 6.04. The van der Waals surface area contributed by atoms with Gasteiger partial charge in [0.25, 0.3) is 5.91 Å². The van der Waals surface area contributed by atoms with Gasteiger partial charge in [0, 0.05) is 26.0 Å². The van der Waals surface area contributed by atoms with Crippen molar-refractivity contribution >= 4 is 23.3 Å². The zero-order chi connectivity index (χ0) is 18.6. The summed E-state index contributed by atoms with van der Waals surface area (Å²) in [5.74, 6) is 1.43. The first kappa shape index (κ1) is 17.5. The Morgan fingerprint density at radius 1 is 1.37 bits per heavy atom. The Hall–Kier alpha value is -2.87. The van der Waals surface area contributed by atoms with E-state index >= 15 is 0 Å². The van der Waals surface area contributed by atoms with E-state index in [-0.39, 0.29) is 18.4 Å². The van der Waals surface area contributed by atoms with Crippen LogP contribution in [0, 0.1) is 5.92 Å². The standard InChI is InChI=1S/C19H22N4O4/c24-17-11-21-18-16(23(17)12-13-3-6-26-7-4-13)8-14(9-20-18)19(25)22-10-15-2-1-5-27-15/h1-2,5,8-9,13H,3-4,6-7,10-12H2,(H,20,21)(H,22,25). The summed E-state index contributed by atoms with van der Waals surface area (Å²) >= 11 is 0. The molecule has 1 fully saturated rings. The van der Waals surface area contributed by atoms with Crippen LogP contribution in [0.3, 0.4) is 0 Å². The Morgan fingerprint density at radius 3 is 3.00 bits per heavy atom. The van der Waals surface area contributed by atoms with Crippen molar-refractivity contribution in [3.63, 3.8) is 0 Å². The number of ether oxygens (including phenoxy) is 1. The van der Waals surface area contributed by atoms with Gasteiger partial charge in [-0.05, 0) is 37.0 Å². The van der Waals surface area contributed by atoms with Crippen LogP contribution in [-0.2, 0) is 16.1 Å². The number of hydrogen-bond acceptors (Lipinski definition) is 6. The number of aromatic nitrogens is 1. The van der Waals surface area contributed by atoms with Crippen molar-refractivity contribution < 1.29 is 18.7 Å². The Morgan fingerprint density at radius 2 is 2.22 bits per heavy atom. The van der Waals surface area contributed by atoms with Crippen molar-refractivity contribution in [2.45, 2.75) is 19.4 Å². The van der Waals surface area contributed by atoms with Crippen LogP contribution in [0.25, 0.3) is 0 Å². The Balaban J connectivity index is 1.51. The van der Waals surface area contributed by atoms with Gasteiger partial charge in [0.05, 0.1) is 30.6 Å². The molecule has 0 saturated carbocycles. The minimum absolute atomic E-state index is 0.0102. The lowest BCUT2D eigenvalue weighted by Gasteiger charge is -2.33. The molecule has 2 N–H and O–H groups in total. The van der Waals surface area contributed by atoms with Gasteiger partial charge in [-0.25, -0.2) is 4.98 Å². The number of amides is 2. The molecule has 2 aliphatic heterocycles. The fourth-order valence-electron chi connectivity index (χ4n) is 3.38. The molecule has 1 saturated heterocycles. The molecule has 0 spiro atoms. The van der Waals surface area contributed by atoms with E-state index in [1.54, 1.807) is 29.4 Å². The molecule has 142 valence electrons. The number of fused-ring (bicyclic) bond motifs is 1.